The number of hydrogen-bond acceptors (Lipinski definition) is 4. The fourth-order valence-electron chi connectivity index (χ4n) is 2.75. The molecule has 2 heterocycles. The van der Waals surface area contributed by atoms with Gasteiger partial charge in [0.2, 0.25) is 0 Å². The second-order valence-corrected chi connectivity index (χ2v) is 9.37. The fraction of sp³-hybridized carbons (Fsp3) is 0.375. The minimum atomic E-state index is -3.56. The molecule has 0 saturated carbocycles. The molecule has 124 valence electrons. The highest BCUT2D eigenvalue weighted by atomic mass is 35.5. The van der Waals surface area contributed by atoms with Crippen LogP contribution >= 0.6 is 22.9 Å². The highest BCUT2D eigenvalue weighted by Crippen LogP contribution is 2.30. The Morgan fingerprint density at radius 2 is 1.91 bits per heavy atom. The van der Waals surface area contributed by atoms with Crippen LogP contribution in [0.2, 0.25) is 4.34 Å². The summed E-state index contributed by atoms with van der Waals surface area (Å²) in [6.45, 7) is 5.52. The molecule has 3 rings (SSSR count). The van der Waals surface area contributed by atoms with Crippen LogP contribution in [-0.4, -0.2) is 33.0 Å². The summed E-state index contributed by atoms with van der Waals surface area (Å²) < 4.78 is 27.8. The first kappa shape index (κ1) is 16.8. The second kappa shape index (κ2) is 6.81. The maximum absolute atomic E-state index is 12.2. The van der Waals surface area contributed by atoms with E-state index >= 15 is 0 Å². The normalized spacial score (nSPS) is 16.3. The zero-order valence-corrected chi connectivity index (χ0v) is 15.2. The lowest BCUT2D eigenvalue weighted by atomic mass is 9.91. The fourth-order valence-corrected chi connectivity index (χ4v) is 5.29. The summed E-state index contributed by atoms with van der Waals surface area (Å²) in [5, 5.41) is 0. The minimum absolute atomic E-state index is 0.223. The molecule has 1 aliphatic heterocycles. The molecule has 0 atom stereocenters. The molecule has 0 bridgehead atoms. The highest BCUT2D eigenvalue weighted by molar-refractivity contribution is 7.94. The molecule has 1 fully saturated rings. The van der Waals surface area contributed by atoms with Gasteiger partial charge in [-0.25, -0.2) is 8.42 Å². The highest BCUT2D eigenvalue weighted by Gasteiger charge is 2.27. The molecular weight excluding hydrogens is 352 g/mol. The van der Waals surface area contributed by atoms with E-state index in [0.717, 1.165) is 31.0 Å². The van der Waals surface area contributed by atoms with Crippen LogP contribution in [0.1, 0.15) is 24.8 Å². The average molecular weight is 371 g/mol. The quantitative estimate of drug-likeness (QED) is 0.835. The third-order valence-corrected chi connectivity index (χ3v) is 7.05. The Morgan fingerprint density at radius 1 is 1.22 bits per heavy atom. The number of nitrogens with one attached hydrogen (secondary N) is 1. The Morgan fingerprint density at radius 3 is 2.48 bits per heavy atom. The van der Waals surface area contributed by atoms with E-state index in [1.54, 1.807) is 6.07 Å². The van der Waals surface area contributed by atoms with Crippen molar-refractivity contribution in [1.29, 1.82) is 0 Å². The Labute approximate surface area is 146 Å². The first-order valence-corrected chi connectivity index (χ1v) is 10.3. The summed E-state index contributed by atoms with van der Waals surface area (Å²) in [7, 11) is -3.56. The monoisotopic (exact) mass is 370 g/mol. The second-order valence-electron chi connectivity index (χ2n) is 5.74. The van der Waals surface area contributed by atoms with Crippen LogP contribution in [0.3, 0.4) is 0 Å². The van der Waals surface area contributed by atoms with Crippen molar-refractivity contribution in [1.82, 2.24) is 4.90 Å². The predicted molar refractivity (Wildman–Crippen MR) is 96.1 cm³/mol. The van der Waals surface area contributed by atoms with Crippen molar-refractivity contribution in [2.45, 2.75) is 23.5 Å². The van der Waals surface area contributed by atoms with Crippen molar-refractivity contribution < 1.29 is 8.42 Å². The molecule has 7 heteroatoms. The summed E-state index contributed by atoms with van der Waals surface area (Å²) in [6.07, 6.45) is 1.18. The molecule has 1 aromatic heterocycles. The molecule has 1 N–H and O–H groups in total. The molecule has 0 aliphatic carbocycles. The van der Waals surface area contributed by atoms with Gasteiger partial charge in [0.15, 0.2) is 0 Å². The van der Waals surface area contributed by atoms with Gasteiger partial charge in [-0.15, -0.1) is 11.3 Å². The lowest BCUT2D eigenvalue weighted by Crippen LogP contribution is -2.45. The van der Waals surface area contributed by atoms with E-state index in [4.69, 9.17) is 11.6 Å². The van der Waals surface area contributed by atoms with Crippen LogP contribution in [0.5, 0.6) is 0 Å². The van der Waals surface area contributed by atoms with Crippen LogP contribution in [0.4, 0.5) is 5.69 Å². The van der Waals surface area contributed by atoms with Gasteiger partial charge in [0.1, 0.15) is 4.21 Å². The van der Waals surface area contributed by atoms with Gasteiger partial charge < -0.3 is 4.90 Å². The van der Waals surface area contributed by atoms with Gasteiger partial charge in [-0.1, -0.05) is 30.7 Å². The predicted octanol–water partition coefficient (Wildman–Crippen LogP) is 4.01. The molecule has 2 aromatic rings. The third-order valence-electron chi connectivity index (χ3n) is 3.94. The maximum Gasteiger partial charge on any atom is 0.271 e. The molecule has 1 saturated heterocycles. The van der Waals surface area contributed by atoms with Gasteiger partial charge in [-0.3, -0.25) is 4.72 Å². The number of halogens is 1. The van der Waals surface area contributed by atoms with E-state index in [2.05, 4.69) is 16.5 Å². The van der Waals surface area contributed by atoms with Crippen molar-refractivity contribution in [3.63, 3.8) is 0 Å². The van der Waals surface area contributed by atoms with Crippen molar-refractivity contribution in [2.24, 2.45) is 0 Å². The van der Waals surface area contributed by atoms with E-state index in [1.165, 1.54) is 18.1 Å². The first-order chi connectivity index (χ1) is 11.0. The van der Waals surface area contributed by atoms with Gasteiger partial charge in [0.05, 0.1) is 4.34 Å². The molecule has 23 heavy (non-hydrogen) atoms. The zero-order chi connectivity index (χ0) is 16.4. The zero-order valence-electron chi connectivity index (χ0n) is 12.8. The van der Waals surface area contributed by atoms with Gasteiger partial charge in [0, 0.05) is 24.7 Å². The summed E-state index contributed by atoms with van der Waals surface area (Å²) in [5.41, 5.74) is 1.84. The largest absolute Gasteiger partial charge is 0.302 e. The number of anilines is 1. The summed E-state index contributed by atoms with van der Waals surface area (Å²) in [6, 6.07) is 10.8. The lowest BCUT2D eigenvalue weighted by molar-refractivity contribution is 0.149. The molecule has 4 nitrogen and oxygen atoms in total. The molecule has 0 radical (unpaired) electrons. The topological polar surface area (TPSA) is 49.4 Å². The molecule has 0 unspecified atom stereocenters. The molecule has 1 aliphatic rings. The molecular formula is C16H19ClN2O2S2. The maximum atomic E-state index is 12.2. The van der Waals surface area contributed by atoms with Gasteiger partial charge in [0.25, 0.3) is 10.0 Å². The Kier molecular flexibility index (Phi) is 4.96. The van der Waals surface area contributed by atoms with Crippen molar-refractivity contribution in [2.75, 3.05) is 24.4 Å². The van der Waals surface area contributed by atoms with Gasteiger partial charge in [-0.2, -0.15) is 0 Å². The number of hydrogen-bond donors (Lipinski definition) is 1. The van der Waals surface area contributed by atoms with Crippen molar-refractivity contribution in [3.05, 3.63) is 46.3 Å². The van der Waals surface area contributed by atoms with Crippen molar-refractivity contribution in [3.8, 4) is 0 Å². The Balaban J connectivity index is 1.64. The summed E-state index contributed by atoms with van der Waals surface area (Å²) in [5.74, 6) is 0.559. The van der Waals surface area contributed by atoms with E-state index in [9.17, 15) is 8.42 Å². The van der Waals surface area contributed by atoms with Crippen LogP contribution in [0, 0.1) is 0 Å². The van der Waals surface area contributed by atoms with E-state index < -0.39 is 10.0 Å². The average Bonchev–Trinajstić information content (AvgIpc) is 2.91. The SMILES string of the molecule is CCCN1CC(c2ccc(NS(=O)(=O)c3ccc(Cl)s3)cc2)C1. The van der Waals surface area contributed by atoms with Gasteiger partial charge in [-0.05, 0) is 42.8 Å². The first-order valence-electron chi connectivity index (χ1n) is 7.58. The third kappa shape index (κ3) is 3.88. The van der Waals surface area contributed by atoms with Crippen molar-refractivity contribution >= 4 is 38.6 Å². The number of benzene rings is 1. The minimum Gasteiger partial charge on any atom is -0.302 e. The lowest BCUT2D eigenvalue weighted by Gasteiger charge is -2.39. The van der Waals surface area contributed by atoms with Crippen LogP contribution in [0.25, 0.3) is 0 Å². The smallest absolute Gasteiger partial charge is 0.271 e. The molecule has 1 aromatic carbocycles. The number of thiophene rings is 1. The Hall–Kier alpha value is -1.08. The number of nitrogens with zero attached hydrogens (tertiary/aromatic N) is 1. The van der Waals surface area contributed by atoms with Gasteiger partial charge >= 0.3 is 0 Å². The Bertz CT molecular complexity index is 766. The molecule has 0 spiro atoms. The molecule has 0 amide bonds. The number of rotatable bonds is 6. The standard InChI is InChI=1S/C16H19ClN2O2S2/c1-2-9-19-10-13(11-19)12-3-5-14(6-4-12)18-23(20,21)16-8-7-15(17)22-16/h3-8,13,18H,2,9-11H2,1H3. The number of sulfonamides is 1. The van der Waals surface area contributed by atoms with Crippen LogP contribution in [-0.2, 0) is 10.0 Å². The van der Waals surface area contributed by atoms with E-state index in [1.807, 2.05) is 24.3 Å². The van der Waals surface area contributed by atoms with Crippen LogP contribution in [0.15, 0.2) is 40.6 Å². The summed E-state index contributed by atoms with van der Waals surface area (Å²) >= 11 is 6.85. The summed E-state index contributed by atoms with van der Waals surface area (Å²) in [4.78, 5) is 2.43. The number of likely N-dealkylation sites (tertiary alicyclic amines) is 1. The van der Waals surface area contributed by atoms with E-state index in [0.29, 0.717) is 15.9 Å². The van der Waals surface area contributed by atoms with Crippen LogP contribution < -0.4 is 4.72 Å². The van der Waals surface area contributed by atoms with E-state index in [-0.39, 0.29) is 4.21 Å².